The molecular weight excluding hydrogens is 304 g/mol. The summed E-state index contributed by atoms with van der Waals surface area (Å²) in [6.45, 7) is 3.16. The fraction of sp³-hybridized carbons (Fsp3) is 1.00. The van der Waals surface area contributed by atoms with Gasteiger partial charge in [0.2, 0.25) is 20.0 Å². The number of ether oxygens (including phenoxy) is 1. The minimum atomic E-state index is -3.39. The predicted octanol–water partition coefficient (Wildman–Crippen LogP) is -0.635. The molecule has 2 fully saturated rings. The third-order valence-electron chi connectivity index (χ3n) is 3.84. The summed E-state index contributed by atoms with van der Waals surface area (Å²) in [5.41, 5.74) is 0. The highest BCUT2D eigenvalue weighted by atomic mass is 32.2. The van der Waals surface area contributed by atoms with Crippen molar-refractivity contribution < 1.29 is 21.6 Å². The molecule has 2 saturated heterocycles. The van der Waals surface area contributed by atoms with Crippen molar-refractivity contribution in [2.45, 2.75) is 31.9 Å². The standard InChI is InChI=1S/C11H22N2O5S2/c1-9-4-6-18-11(9)8-20(16,17)13-5-3-10(7-13)12-19(2,14)15/h9-12H,3-8H2,1-2H3/t9-,10?,11-/m1/s1. The van der Waals surface area contributed by atoms with Crippen molar-refractivity contribution in [3.8, 4) is 0 Å². The monoisotopic (exact) mass is 326 g/mol. The number of hydrogen-bond donors (Lipinski definition) is 1. The lowest BCUT2D eigenvalue weighted by atomic mass is 10.1. The molecule has 2 aliphatic heterocycles. The van der Waals surface area contributed by atoms with Gasteiger partial charge in [0.15, 0.2) is 0 Å². The maximum absolute atomic E-state index is 12.3. The molecule has 3 atom stereocenters. The van der Waals surface area contributed by atoms with E-state index in [1.54, 1.807) is 0 Å². The molecular formula is C11H22N2O5S2. The Hall–Kier alpha value is -0.220. The third-order valence-corrected chi connectivity index (χ3v) is 6.47. The second-order valence-electron chi connectivity index (χ2n) is 5.69. The van der Waals surface area contributed by atoms with Crippen LogP contribution < -0.4 is 4.72 Å². The SMILES string of the molecule is C[C@@H]1CCO[C@@H]1CS(=O)(=O)N1CCC(NS(C)(=O)=O)C1. The molecule has 2 rings (SSSR count). The Bertz CT molecular complexity index is 545. The summed E-state index contributed by atoms with van der Waals surface area (Å²) < 4.78 is 56.2. The fourth-order valence-electron chi connectivity index (χ4n) is 2.66. The van der Waals surface area contributed by atoms with Gasteiger partial charge >= 0.3 is 0 Å². The summed E-state index contributed by atoms with van der Waals surface area (Å²) in [5, 5.41) is 0. The first-order valence-corrected chi connectivity index (χ1v) is 10.2. The first-order valence-electron chi connectivity index (χ1n) is 6.74. The van der Waals surface area contributed by atoms with Crippen LogP contribution in [0.3, 0.4) is 0 Å². The van der Waals surface area contributed by atoms with Gasteiger partial charge < -0.3 is 4.74 Å². The van der Waals surface area contributed by atoms with Gasteiger partial charge in [-0.2, -0.15) is 0 Å². The van der Waals surface area contributed by atoms with Crippen molar-refractivity contribution in [2.24, 2.45) is 5.92 Å². The molecule has 118 valence electrons. The summed E-state index contributed by atoms with van der Waals surface area (Å²) in [6, 6.07) is -0.332. The van der Waals surface area contributed by atoms with Gasteiger partial charge in [0.1, 0.15) is 0 Å². The number of nitrogens with one attached hydrogen (secondary N) is 1. The quantitative estimate of drug-likeness (QED) is 0.726. The molecule has 0 bridgehead atoms. The molecule has 2 heterocycles. The smallest absolute Gasteiger partial charge is 0.216 e. The minimum Gasteiger partial charge on any atom is -0.377 e. The van der Waals surface area contributed by atoms with E-state index in [1.165, 1.54) is 4.31 Å². The number of nitrogens with zero attached hydrogens (tertiary/aromatic N) is 1. The van der Waals surface area contributed by atoms with Crippen LogP contribution in [0.5, 0.6) is 0 Å². The Morgan fingerprint density at radius 1 is 1.25 bits per heavy atom. The second kappa shape index (κ2) is 5.88. The lowest BCUT2D eigenvalue weighted by molar-refractivity contribution is 0.110. The fourth-order valence-corrected chi connectivity index (χ4v) is 5.30. The summed E-state index contributed by atoms with van der Waals surface area (Å²) in [7, 11) is -6.70. The topological polar surface area (TPSA) is 92.8 Å². The molecule has 9 heteroatoms. The zero-order valence-corrected chi connectivity index (χ0v) is 13.4. The van der Waals surface area contributed by atoms with E-state index in [2.05, 4.69) is 4.72 Å². The van der Waals surface area contributed by atoms with Crippen LogP contribution in [0, 0.1) is 5.92 Å². The highest BCUT2D eigenvalue weighted by Gasteiger charge is 2.36. The van der Waals surface area contributed by atoms with Gasteiger partial charge in [0.25, 0.3) is 0 Å². The van der Waals surface area contributed by atoms with E-state index in [4.69, 9.17) is 4.74 Å². The summed E-state index contributed by atoms with van der Waals surface area (Å²) in [4.78, 5) is 0. The molecule has 1 unspecified atom stereocenters. The van der Waals surface area contributed by atoms with E-state index < -0.39 is 20.0 Å². The van der Waals surface area contributed by atoms with E-state index >= 15 is 0 Å². The van der Waals surface area contributed by atoms with Crippen LogP contribution in [0.2, 0.25) is 0 Å². The lowest BCUT2D eigenvalue weighted by Gasteiger charge is -2.21. The molecule has 0 aromatic heterocycles. The third kappa shape index (κ3) is 4.14. The van der Waals surface area contributed by atoms with Crippen LogP contribution in [0.4, 0.5) is 0 Å². The van der Waals surface area contributed by atoms with E-state index in [0.717, 1.165) is 12.7 Å². The van der Waals surface area contributed by atoms with Gasteiger partial charge in [-0.15, -0.1) is 0 Å². The molecule has 0 amide bonds. The normalized spacial score (nSPS) is 32.8. The van der Waals surface area contributed by atoms with Gasteiger partial charge in [-0.25, -0.2) is 25.9 Å². The molecule has 0 saturated carbocycles. The molecule has 0 aromatic rings. The van der Waals surface area contributed by atoms with Crippen LogP contribution in [-0.2, 0) is 24.8 Å². The summed E-state index contributed by atoms with van der Waals surface area (Å²) in [5.74, 6) is 0.233. The second-order valence-corrected chi connectivity index (χ2v) is 9.48. The van der Waals surface area contributed by atoms with Gasteiger partial charge in [-0.1, -0.05) is 6.92 Å². The van der Waals surface area contributed by atoms with E-state index in [9.17, 15) is 16.8 Å². The molecule has 20 heavy (non-hydrogen) atoms. The van der Waals surface area contributed by atoms with E-state index in [1.807, 2.05) is 6.92 Å². The molecule has 0 radical (unpaired) electrons. The minimum absolute atomic E-state index is 0.0141. The molecule has 7 nitrogen and oxygen atoms in total. The van der Waals surface area contributed by atoms with Gasteiger partial charge in [-0.05, 0) is 18.8 Å². The molecule has 0 aromatic carbocycles. The van der Waals surface area contributed by atoms with Gasteiger partial charge in [0, 0.05) is 25.7 Å². The van der Waals surface area contributed by atoms with Crippen LogP contribution in [0.25, 0.3) is 0 Å². The van der Waals surface area contributed by atoms with Crippen molar-refractivity contribution in [1.82, 2.24) is 9.03 Å². The number of hydrogen-bond acceptors (Lipinski definition) is 5. The summed E-state index contributed by atoms with van der Waals surface area (Å²) >= 11 is 0. The number of rotatable bonds is 5. The van der Waals surface area contributed by atoms with Crippen molar-refractivity contribution in [3.05, 3.63) is 0 Å². The first kappa shape index (κ1) is 16.2. The maximum atomic E-state index is 12.3. The van der Waals surface area contributed by atoms with Crippen LogP contribution in [-0.4, -0.2) is 65.0 Å². The van der Waals surface area contributed by atoms with Crippen molar-refractivity contribution in [3.63, 3.8) is 0 Å². The van der Waals surface area contributed by atoms with Crippen LogP contribution in [0.15, 0.2) is 0 Å². The summed E-state index contributed by atoms with van der Waals surface area (Å²) in [6.07, 6.45) is 2.23. The highest BCUT2D eigenvalue weighted by Crippen LogP contribution is 2.24. The molecule has 0 spiro atoms. The van der Waals surface area contributed by atoms with Crippen molar-refractivity contribution in [2.75, 3.05) is 31.7 Å². The molecule has 2 aliphatic rings. The predicted molar refractivity (Wildman–Crippen MR) is 75.3 cm³/mol. The van der Waals surface area contributed by atoms with E-state index in [0.29, 0.717) is 19.6 Å². The zero-order valence-electron chi connectivity index (χ0n) is 11.8. The Labute approximate surface area is 120 Å². The van der Waals surface area contributed by atoms with Crippen molar-refractivity contribution >= 4 is 20.0 Å². The average Bonchev–Trinajstić information content (AvgIpc) is 2.87. The van der Waals surface area contributed by atoms with Crippen molar-refractivity contribution in [1.29, 1.82) is 0 Å². The highest BCUT2D eigenvalue weighted by molar-refractivity contribution is 7.89. The van der Waals surface area contributed by atoms with Gasteiger partial charge in [-0.3, -0.25) is 0 Å². The average molecular weight is 326 g/mol. The van der Waals surface area contributed by atoms with Gasteiger partial charge in [0.05, 0.1) is 18.1 Å². The Morgan fingerprint density at radius 2 is 1.95 bits per heavy atom. The Morgan fingerprint density at radius 3 is 2.50 bits per heavy atom. The maximum Gasteiger partial charge on any atom is 0.216 e. The van der Waals surface area contributed by atoms with Crippen LogP contribution in [0.1, 0.15) is 19.8 Å². The first-order chi connectivity index (χ1) is 9.17. The Kier molecular flexibility index (Phi) is 4.75. The van der Waals surface area contributed by atoms with Crippen LogP contribution >= 0.6 is 0 Å². The number of sulfonamides is 2. The molecule has 1 N–H and O–H groups in total. The molecule has 0 aliphatic carbocycles. The zero-order chi connectivity index (χ0) is 15.0. The van der Waals surface area contributed by atoms with E-state index in [-0.39, 0.29) is 30.4 Å². The lowest BCUT2D eigenvalue weighted by Crippen LogP contribution is -2.40. The largest absolute Gasteiger partial charge is 0.377 e. The Balaban J connectivity index is 1.94.